The molecule has 0 aliphatic rings. The summed E-state index contributed by atoms with van der Waals surface area (Å²) in [4.78, 5) is 58.7. The number of hydrogen-bond acceptors (Lipinski definition) is 25. The van der Waals surface area contributed by atoms with Crippen LogP contribution in [0.2, 0.25) is 0 Å². The Labute approximate surface area is 730 Å². The molecule has 0 fully saturated rings. The second kappa shape index (κ2) is 55.0. The standard InChI is InChI=1S/C18H34N4O2S.2C17H32N4O2S.C16H30N4O2S.C15H28N4O2S/c1-17(2,3)24-14-15-13-22(21-20-15)11-8-7-10-19-16(23)9-12-25-18(4,5)6;1-16(2,3)23-13-14-12-21(20-19-14)10-7-9-18-15(22)8-11-24-17(4,5)6;1-16(2,3)23-13-14-12-21(20-19-14)10-9-18-15(22)8-7-11-24-17(4,5)6;1-15(2,3)22-12-13-11-20(19-18-13)9-8-17-14(21)7-10-23-16(4,5)6;1-14(2,3)21-10-12-9-19(18-17-12)8-7-16-13(20)11-22-15(4,5)6/h13H,7-12,14H2,1-6H3,(H,19,23);2*12H,7-11,13H2,1-6H3,(H,18,22);11H,7-10,12H2,1-6H3,(H,17,21);9H,7-8,10-11H2,1-6H3,(H,16,20). The van der Waals surface area contributed by atoms with Gasteiger partial charge in [-0.1, -0.05) is 130 Å². The Morgan fingerprint density at radius 3 is 0.771 bits per heavy atom. The molecule has 0 saturated heterocycles. The first-order valence-corrected chi connectivity index (χ1v) is 46.4. The Hall–Kier alpha value is -5.40. The van der Waals surface area contributed by atoms with Crippen LogP contribution in [0, 0.1) is 0 Å². The van der Waals surface area contributed by atoms with Crippen LogP contribution in [0.15, 0.2) is 31.0 Å². The van der Waals surface area contributed by atoms with Crippen molar-refractivity contribution in [3.63, 3.8) is 0 Å². The maximum atomic E-state index is 11.8. The summed E-state index contributed by atoms with van der Waals surface area (Å²) < 4.78 is 38.1. The lowest BCUT2D eigenvalue weighted by molar-refractivity contribution is -0.121. The zero-order chi connectivity index (χ0) is 89.7. The SMILES string of the molecule is CC(C)(C)OCc1cn(CCCCNC(=O)CCSC(C)(C)C)nn1.CC(C)(C)OCc1cn(CCCNC(=O)CCSC(C)(C)C)nn1.CC(C)(C)OCc1cn(CCNC(=O)CCCSC(C)(C)C)nn1.CC(C)(C)OCc1cn(CCNC(=O)CCSC(C)(C)C)nn1.CC(C)(C)OCc1cn(CCNC(=O)CSC(C)(C)C)nn1. The van der Waals surface area contributed by atoms with Crippen LogP contribution in [0.25, 0.3) is 0 Å². The summed E-state index contributed by atoms with van der Waals surface area (Å²) in [7, 11) is 0. The molecule has 0 spiro atoms. The molecule has 118 heavy (non-hydrogen) atoms. The van der Waals surface area contributed by atoms with Crippen molar-refractivity contribution in [1.82, 2.24) is 102 Å². The lowest BCUT2D eigenvalue weighted by Gasteiger charge is -2.18. The highest BCUT2D eigenvalue weighted by atomic mass is 32.2. The molecule has 35 heteroatoms. The topological polar surface area (TPSA) is 345 Å². The number of aryl methyl sites for hydroxylation is 2. The van der Waals surface area contributed by atoms with Crippen LogP contribution in [0.1, 0.15) is 288 Å². The predicted molar refractivity (Wildman–Crippen MR) is 486 cm³/mol. The van der Waals surface area contributed by atoms with Crippen molar-refractivity contribution >= 4 is 88.3 Å². The van der Waals surface area contributed by atoms with Crippen molar-refractivity contribution in [2.75, 3.05) is 61.5 Å². The molecule has 5 N–H and O–H groups in total. The van der Waals surface area contributed by atoms with Crippen LogP contribution >= 0.6 is 58.8 Å². The quantitative estimate of drug-likeness (QED) is 0.0226. The number of hydrogen-bond donors (Lipinski definition) is 5. The van der Waals surface area contributed by atoms with Gasteiger partial charge in [0.1, 0.15) is 28.5 Å². The third-order valence-electron chi connectivity index (χ3n) is 14.5. The van der Waals surface area contributed by atoms with Crippen LogP contribution in [-0.4, -0.2) is 218 Å². The van der Waals surface area contributed by atoms with E-state index >= 15 is 0 Å². The van der Waals surface area contributed by atoms with E-state index in [1.807, 2.05) is 175 Å². The molecule has 678 valence electrons. The van der Waals surface area contributed by atoms with E-state index in [0.717, 1.165) is 90.3 Å². The molecule has 0 bridgehead atoms. The average molecular weight is 1750 g/mol. The van der Waals surface area contributed by atoms with Gasteiger partial charge in [0, 0.05) is 112 Å². The molecule has 0 atom stereocenters. The van der Waals surface area contributed by atoms with E-state index in [2.05, 4.69) is 182 Å². The molecular formula is C83H156N20O10S5. The van der Waals surface area contributed by atoms with E-state index in [1.54, 1.807) is 42.3 Å². The average Bonchev–Trinajstić information content (AvgIpc) is 1.79. The van der Waals surface area contributed by atoms with Crippen molar-refractivity contribution in [2.45, 2.75) is 377 Å². The zero-order valence-electron chi connectivity index (χ0n) is 78.0. The Kier molecular flexibility index (Phi) is 51.5. The molecule has 0 aromatic carbocycles. The Balaban J connectivity index is 0.000000738. The van der Waals surface area contributed by atoms with Gasteiger partial charge >= 0.3 is 0 Å². The fraction of sp³-hybridized carbons (Fsp3) is 0.819. The molecule has 5 amide bonds. The number of ether oxygens (including phenoxy) is 5. The smallest absolute Gasteiger partial charge is 0.230 e. The fourth-order valence-corrected chi connectivity index (χ4v) is 13.0. The minimum atomic E-state index is -0.192. The van der Waals surface area contributed by atoms with Crippen molar-refractivity contribution in [1.29, 1.82) is 0 Å². The Morgan fingerprint density at radius 1 is 0.271 bits per heavy atom. The van der Waals surface area contributed by atoms with Gasteiger partial charge in [-0.2, -0.15) is 47.0 Å². The Morgan fingerprint density at radius 2 is 0.500 bits per heavy atom. The van der Waals surface area contributed by atoms with Crippen LogP contribution < -0.4 is 26.6 Å². The predicted octanol–water partition coefficient (Wildman–Crippen LogP) is 14.3. The van der Waals surface area contributed by atoms with E-state index in [1.165, 1.54) is 0 Å². The maximum absolute atomic E-state index is 11.8. The van der Waals surface area contributed by atoms with Crippen LogP contribution in [0.4, 0.5) is 0 Å². The van der Waals surface area contributed by atoms with Crippen molar-refractivity contribution < 1.29 is 47.7 Å². The molecule has 5 rings (SSSR count). The monoisotopic (exact) mass is 1750 g/mol. The van der Waals surface area contributed by atoms with E-state index in [-0.39, 0.29) is 81.3 Å². The minimum Gasteiger partial charge on any atom is -0.369 e. The van der Waals surface area contributed by atoms with Crippen LogP contribution in [0.3, 0.4) is 0 Å². The molecule has 5 heterocycles. The number of carbonyl (C=O) groups excluding carboxylic acids is 5. The summed E-state index contributed by atoms with van der Waals surface area (Å²) >= 11 is 8.96. The number of amides is 5. The number of rotatable bonds is 43. The first kappa shape index (κ1) is 111. The van der Waals surface area contributed by atoms with Gasteiger partial charge in [-0.3, -0.25) is 47.4 Å². The van der Waals surface area contributed by atoms with Crippen molar-refractivity contribution in [2.24, 2.45) is 0 Å². The van der Waals surface area contributed by atoms with Crippen LogP contribution in [-0.2, 0) is 113 Å². The van der Waals surface area contributed by atoms with Gasteiger partial charge in [0.05, 0.1) is 117 Å². The Bertz CT molecular complexity index is 3550. The first-order valence-electron chi connectivity index (χ1n) is 41.4. The summed E-state index contributed by atoms with van der Waals surface area (Å²) in [5, 5.41) is 55.4. The van der Waals surface area contributed by atoms with Gasteiger partial charge in [-0.25, -0.2) is 0 Å². The molecule has 0 saturated carbocycles. The van der Waals surface area contributed by atoms with E-state index in [0.29, 0.717) is 117 Å². The zero-order valence-corrected chi connectivity index (χ0v) is 82.1. The van der Waals surface area contributed by atoms with E-state index < -0.39 is 0 Å². The minimum absolute atomic E-state index is 0.0522. The summed E-state index contributed by atoms with van der Waals surface area (Å²) in [5.74, 6) is 4.54. The first-order chi connectivity index (χ1) is 54.3. The summed E-state index contributed by atoms with van der Waals surface area (Å²) in [6, 6.07) is 0. The summed E-state index contributed by atoms with van der Waals surface area (Å²) in [6.07, 6.45) is 15.3. The van der Waals surface area contributed by atoms with Gasteiger partial charge in [-0.05, 0) is 135 Å². The molecule has 0 aliphatic carbocycles. The third-order valence-corrected chi connectivity index (χ3v) is 21.0. The number of carbonyl (C=O) groups is 5. The number of nitrogens with one attached hydrogen (secondary N) is 5. The van der Waals surface area contributed by atoms with Crippen LogP contribution in [0.5, 0.6) is 0 Å². The number of aromatic nitrogens is 15. The molecular weight excluding hydrogens is 1600 g/mol. The molecule has 0 radical (unpaired) electrons. The van der Waals surface area contributed by atoms with Crippen molar-refractivity contribution in [3.05, 3.63) is 59.5 Å². The second-order valence-corrected chi connectivity index (χ2v) is 47.8. The summed E-state index contributed by atoms with van der Waals surface area (Å²) in [5.41, 5.74) is 3.14. The van der Waals surface area contributed by atoms with Gasteiger partial charge in [0.25, 0.3) is 0 Å². The van der Waals surface area contributed by atoms with Gasteiger partial charge in [0.15, 0.2) is 0 Å². The highest BCUT2D eigenvalue weighted by Crippen LogP contribution is 2.27. The number of thioether (sulfide) groups is 5. The number of unbranched alkanes of at least 4 members (excludes halogenated alkanes) is 1. The number of nitrogens with zero attached hydrogens (tertiary/aromatic N) is 15. The molecule has 0 unspecified atom stereocenters. The normalized spacial score (nSPS) is 12.4. The summed E-state index contributed by atoms with van der Waals surface area (Å²) in [6.45, 7) is 71.2. The lowest BCUT2D eigenvalue weighted by atomic mass is 10.2. The molecule has 0 aliphatic heterocycles. The molecule has 30 nitrogen and oxygen atoms in total. The van der Waals surface area contributed by atoms with Gasteiger partial charge < -0.3 is 50.3 Å². The van der Waals surface area contributed by atoms with E-state index in [4.69, 9.17) is 23.7 Å². The van der Waals surface area contributed by atoms with Crippen molar-refractivity contribution in [3.8, 4) is 0 Å². The molecule has 5 aromatic rings. The second-order valence-electron chi connectivity index (χ2n) is 38.3. The fourth-order valence-electron chi connectivity index (χ4n) is 8.69. The van der Waals surface area contributed by atoms with Gasteiger partial charge in [-0.15, -0.1) is 37.3 Å². The highest BCUT2D eigenvalue weighted by molar-refractivity contribution is 8.01. The lowest BCUT2D eigenvalue weighted by Crippen LogP contribution is -2.30. The third kappa shape index (κ3) is 70.2. The van der Waals surface area contributed by atoms with E-state index in [9.17, 15) is 24.0 Å². The van der Waals surface area contributed by atoms with Gasteiger partial charge in [0.2, 0.25) is 29.5 Å². The maximum Gasteiger partial charge on any atom is 0.230 e. The largest absolute Gasteiger partial charge is 0.369 e. The molecule has 5 aromatic heterocycles. The highest BCUT2D eigenvalue weighted by Gasteiger charge is 2.21.